The minimum Gasteiger partial charge on any atom is -0.507 e. The first kappa shape index (κ1) is 18.0. The first-order valence-corrected chi connectivity index (χ1v) is 7.43. The highest BCUT2D eigenvalue weighted by Gasteiger charge is 1.99. The zero-order chi connectivity index (χ0) is 14.7. The predicted octanol–water partition coefficient (Wildman–Crippen LogP) is 4.76. The summed E-state index contributed by atoms with van der Waals surface area (Å²) in [6.07, 6.45) is 7.66. The van der Waals surface area contributed by atoms with E-state index in [0.29, 0.717) is 5.75 Å². The van der Waals surface area contributed by atoms with E-state index in [1.54, 1.807) is 6.07 Å². The van der Waals surface area contributed by atoms with Crippen molar-refractivity contribution in [2.75, 3.05) is 0 Å². The van der Waals surface area contributed by atoms with Crippen LogP contribution in [0.5, 0.6) is 5.75 Å². The van der Waals surface area contributed by atoms with Crippen LogP contribution in [0.25, 0.3) is 0 Å². The van der Waals surface area contributed by atoms with Crippen LogP contribution in [-0.2, 0) is 11.2 Å². The van der Waals surface area contributed by atoms with Gasteiger partial charge in [-0.1, -0.05) is 38.7 Å². The molecule has 0 aliphatic carbocycles. The van der Waals surface area contributed by atoms with E-state index in [1.807, 2.05) is 12.1 Å². The fourth-order valence-corrected chi connectivity index (χ4v) is 2.06. The Labute approximate surface area is 123 Å². The normalized spacial score (nSPS) is 9.63. The molecule has 0 aliphatic rings. The van der Waals surface area contributed by atoms with Crippen molar-refractivity contribution < 1.29 is 15.0 Å². The van der Waals surface area contributed by atoms with Crippen LogP contribution in [0.1, 0.15) is 51.5 Å². The zero-order valence-electron chi connectivity index (χ0n) is 11.7. The van der Waals surface area contributed by atoms with Crippen molar-refractivity contribution in [1.82, 2.24) is 0 Å². The molecule has 1 aromatic rings. The summed E-state index contributed by atoms with van der Waals surface area (Å²) < 4.78 is 0.800. The molecule has 19 heavy (non-hydrogen) atoms. The maximum Gasteiger partial charge on any atom is 0.300 e. The smallest absolute Gasteiger partial charge is 0.300 e. The van der Waals surface area contributed by atoms with Crippen molar-refractivity contribution in [1.29, 1.82) is 0 Å². The molecule has 0 unspecified atom stereocenters. The van der Waals surface area contributed by atoms with Crippen molar-refractivity contribution in [3.05, 3.63) is 28.2 Å². The van der Waals surface area contributed by atoms with E-state index in [9.17, 15) is 5.11 Å². The monoisotopic (exact) mass is 330 g/mol. The van der Waals surface area contributed by atoms with Crippen molar-refractivity contribution in [2.45, 2.75) is 52.4 Å². The Kier molecular flexibility index (Phi) is 10.3. The Morgan fingerprint density at radius 2 is 1.79 bits per heavy atom. The second-order valence-electron chi connectivity index (χ2n) is 4.47. The molecular formula is C15H23BrO3. The number of phenolic OH excluding ortho intramolecular Hbond substituents is 1. The summed E-state index contributed by atoms with van der Waals surface area (Å²) >= 11 is 3.33. The van der Waals surface area contributed by atoms with E-state index in [1.165, 1.54) is 37.7 Å². The summed E-state index contributed by atoms with van der Waals surface area (Å²) in [5.74, 6) is -0.510. The molecule has 2 N–H and O–H groups in total. The van der Waals surface area contributed by atoms with E-state index in [-0.39, 0.29) is 0 Å². The van der Waals surface area contributed by atoms with Gasteiger partial charge in [0.05, 0.1) is 4.47 Å². The predicted molar refractivity (Wildman–Crippen MR) is 81.6 cm³/mol. The van der Waals surface area contributed by atoms with Crippen LogP contribution in [0.15, 0.2) is 22.7 Å². The minimum atomic E-state index is -0.833. The number of carboxylic acid groups (broad SMARTS) is 1. The first-order valence-electron chi connectivity index (χ1n) is 6.64. The molecule has 108 valence electrons. The van der Waals surface area contributed by atoms with Crippen LogP contribution in [-0.4, -0.2) is 16.2 Å². The van der Waals surface area contributed by atoms with E-state index in [0.717, 1.165) is 17.8 Å². The molecule has 4 heteroatoms. The maximum absolute atomic E-state index is 9.34. The molecule has 0 atom stereocenters. The van der Waals surface area contributed by atoms with Gasteiger partial charge < -0.3 is 10.2 Å². The van der Waals surface area contributed by atoms with Crippen molar-refractivity contribution >= 4 is 21.9 Å². The number of unbranched alkanes of at least 4 members (excludes halogenated alkanes) is 4. The number of aliphatic carboxylic acids is 1. The molecule has 3 nitrogen and oxygen atoms in total. The van der Waals surface area contributed by atoms with Crippen LogP contribution < -0.4 is 0 Å². The summed E-state index contributed by atoms with van der Waals surface area (Å²) in [6, 6.07) is 5.76. The van der Waals surface area contributed by atoms with Gasteiger partial charge in [0.25, 0.3) is 5.97 Å². The van der Waals surface area contributed by atoms with Crippen LogP contribution in [0.3, 0.4) is 0 Å². The number of benzene rings is 1. The van der Waals surface area contributed by atoms with Crippen LogP contribution in [0, 0.1) is 0 Å². The van der Waals surface area contributed by atoms with E-state index >= 15 is 0 Å². The van der Waals surface area contributed by atoms with Gasteiger partial charge in [-0.05, 0) is 46.5 Å². The quantitative estimate of drug-likeness (QED) is 0.739. The number of carboxylic acids is 1. The van der Waals surface area contributed by atoms with Crippen molar-refractivity contribution in [2.24, 2.45) is 0 Å². The Balaban J connectivity index is 0.000000711. The van der Waals surface area contributed by atoms with Gasteiger partial charge in [0.15, 0.2) is 0 Å². The summed E-state index contributed by atoms with van der Waals surface area (Å²) in [7, 11) is 0. The number of carbonyl (C=O) groups is 1. The van der Waals surface area contributed by atoms with Crippen LogP contribution in [0.4, 0.5) is 0 Å². The highest BCUT2D eigenvalue weighted by molar-refractivity contribution is 9.10. The molecule has 1 rings (SSSR count). The lowest BCUT2D eigenvalue weighted by Crippen LogP contribution is -1.86. The molecule has 0 fully saturated rings. The van der Waals surface area contributed by atoms with E-state index in [4.69, 9.17) is 9.90 Å². The number of aromatic hydroxyl groups is 1. The second kappa shape index (κ2) is 10.9. The molecule has 0 saturated heterocycles. The summed E-state index contributed by atoms with van der Waals surface area (Å²) in [5.41, 5.74) is 1.30. The molecular weight excluding hydrogens is 308 g/mol. The van der Waals surface area contributed by atoms with Gasteiger partial charge in [0.1, 0.15) is 5.75 Å². The van der Waals surface area contributed by atoms with Crippen molar-refractivity contribution in [3.8, 4) is 5.75 Å². The zero-order valence-corrected chi connectivity index (χ0v) is 13.2. The molecule has 0 amide bonds. The summed E-state index contributed by atoms with van der Waals surface area (Å²) in [6.45, 7) is 3.32. The molecule has 0 bridgehead atoms. The Morgan fingerprint density at radius 3 is 2.32 bits per heavy atom. The standard InChI is InChI=1S/C13H19BrO.C2H4O2/c1-2-3-4-5-6-7-11-8-9-13(15)12(14)10-11;1-2(3)4/h8-10,15H,2-7H2,1H3;1H3,(H,3,4). The third-order valence-corrected chi connectivity index (χ3v) is 3.22. The van der Waals surface area contributed by atoms with E-state index < -0.39 is 5.97 Å². The van der Waals surface area contributed by atoms with Gasteiger partial charge in [-0.25, -0.2) is 0 Å². The van der Waals surface area contributed by atoms with Gasteiger partial charge >= 0.3 is 0 Å². The Bertz CT molecular complexity index is 374. The second-order valence-corrected chi connectivity index (χ2v) is 5.32. The molecule has 0 saturated carbocycles. The summed E-state index contributed by atoms with van der Waals surface area (Å²) in [4.78, 5) is 9.00. The molecule has 1 aromatic carbocycles. The Morgan fingerprint density at radius 1 is 1.21 bits per heavy atom. The maximum atomic E-state index is 9.34. The fourth-order valence-electron chi connectivity index (χ4n) is 1.64. The fraction of sp³-hybridized carbons (Fsp3) is 0.533. The number of hydrogen-bond acceptors (Lipinski definition) is 2. The average molecular weight is 331 g/mol. The topological polar surface area (TPSA) is 57.5 Å². The third kappa shape index (κ3) is 10.6. The summed E-state index contributed by atoms with van der Waals surface area (Å²) in [5, 5.41) is 16.8. The highest BCUT2D eigenvalue weighted by Crippen LogP contribution is 2.25. The molecule has 0 heterocycles. The third-order valence-electron chi connectivity index (χ3n) is 2.58. The first-order chi connectivity index (χ1) is 8.97. The molecule has 0 aliphatic heterocycles. The highest BCUT2D eigenvalue weighted by atomic mass is 79.9. The Hall–Kier alpha value is -1.03. The van der Waals surface area contributed by atoms with Crippen LogP contribution in [0.2, 0.25) is 0 Å². The largest absolute Gasteiger partial charge is 0.507 e. The number of aryl methyl sites for hydroxylation is 1. The molecule has 0 aromatic heterocycles. The van der Waals surface area contributed by atoms with Gasteiger partial charge in [0.2, 0.25) is 0 Å². The lowest BCUT2D eigenvalue weighted by Gasteiger charge is -2.03. The van der Waals surface area contributed by atoms with Gasteiger partial charge in [0, 0.05) is 6.92 Å². The SMILES string of the molecule is CC(=O)O.CCCCCCCc1ccc(O)c(Br)c1. The number of rotatable bonds is 6. The number of phenols is 1. The van der Waals surface area contributed by atoms with Crippen molar-refractivity contribution in [3.63, 3.8) is 0 Å². The van der Waals surface area contributed by atoms with E-state index in [2.05, 4.69) is 22.9 Å². The molecule has 0 radical (unpaired) electrons. The number of hydrogen-bond donors (Lipinski definition) is 2. The lowest BCUT2D eigenvalue weighted by molar-refractivity contribution is -0.134. The van der Waals surface area contributed by atoms with Gasteiger partial charge in [-0.15, -0.1) is 0 Å². The van der Waals surface area contributed by atoms with Gasteiger partial charge in [-0.3, -0.25) is 4.79 Å². The van der Waals surface area contributed by atoms with Gasteiger partial charge in [-0.2, -0.15) is 0 Å². The number of halogens is 1. The lowest BCUT2D eigenvalue weighted by atomic mass is 10.1. The average Bonchev–Trinajstić information content (AvgIpc) is 2.33. The molecule has 0 spiro atoms. The van der Waals surface area contributed by atoms with Crippen LogP contribution >= 0.6 is 15.9 Å². The minimum absolute atomic E-state index is 0.324.